The summed E-state index contributed by atoms with van der Waals surface area (Å²) in [5.74, 6) is 0. The van der Waals surface area contributed by atoms with E-state index >= 15 is 0 Å². The molecule has 0 aliphatic carbocycles. The Labute approximate surface area is 98.2 Å². The van der Waals surface area contributed by atoms with E-state index in [0.717, 1.165) is 10.0 Å². The molecule has 0 radical (unpaired) electrons. The number of benzene rings is 1. The molecule has 0 bridgehead atoms. The second-order valence-electron chi connectivity index (χ2n) is 4.41. The molecule has 0 amide bonds. The first-order chi connectivity index (χ1) is 6.34. The lowest BCUT2D eigenvalue weighted by Crippen LogP contribution is -2.18. The van der Waals surface area contributed by atoms with E-state index in [-0.39, 0.29) is 5.41 Å². The minimum atomic E-state index is -0.549. The van der Waals surface area contributed by atoms with E-state index in [9.17, 15) is 5.11 Å². The summed E-state index contributed by atoms with van der Waals surface area (Å²) in [6.45, 7) is 5.94. The van der Waals surface area contributed by atoms with Crippen molar-refractivity contribution >= 4 is 27.5 Å². The van der Waals surface area contributed by atoms with Crippen molar-refractivity contribution < 1.29 is 5.11 Å². The Hall–Kier alpha value is -0.0500. The molecule has 1 aromatic carbocycles. The van der Waals surface area contributed by atoms with Crippen LogP contribution in [0.25, 0.3) is 0 Å². The predicted molar refractivity (Wildman–Crippen MR) is 63.6 cm³/mol. The Balaban J connectivity index is 3.14. The van der Waals surface area contributed by atoms with Crippen molar-refractivity contribution in [1.29, 1.82) is 0 Å². The molecule has 0 aromatic heterocycles. The van der Waals surface area contributed by atoms with Crippen LogP contribution in [0.3, 0.4) is 0 Å². The molecule has 0 heterocycles. The number of rotatable bonds is 1. The fourth-order valence-corrected chi connectivity index (χ4v) is 1.81. The van der Waals surface area contributed by atoms with Gasteiger partial charge in [-0.3, -0.25) is 0 Å². The molecule has 1 nitrogen and oxygen atoms in total. The van der Waals surface area contributed by atoms with Gasteiger partial charge in [-0.25, -0.2) is 0 Å². The number of aliphatic hydroxyl groups excluding tert-OH is 1. The summed E-state index contributed by atoms with van der Waals surface area (Å²) in [6, 6.07) is 5.59. The first kappa shape index (κ1) is 12.0. The summed E-state index contributed by atoms with van der Waals surface area (Å²) >= 11 is 9.43. The minimum absolute atomic E-state index is 0.204. The molecule has 1 N–H and O–H groups in total. The van der Waals surface area contributed by atoms with Crippen LogP contribution in [0.1, 0.15) is 32.4 Å². The summed E-state index contributed by atoms with van der Waals surface area (Å²) in [4.78, 5) is 0. The Morgan fingerprint density at radius 1 is 1.36 bits per heavy atom. The molecule has 14 heavy (non-hydrogen) atoms. The van der Waals surface area contributed by atoms with Crippen LogP contribution in [-0.4, -0.2) is 5.11 Å². The van der Waals surface area contributed by atoms with Gasteiger partial charge in [0.1, 0.15) is 0 Å². The quantitative estimate of drug-likeness (QED) is 0.816. The Morgan fingerprint density at radius 2 is 1.93 bits per heavy atom. The summed E-state index contributed by atoms with van der Waals surface area (Å²) in [5, 5.41) is 10.6. The average Bonchev–Trinajstić information content (AvgIpc) is 2.07. The molecule has 0 saturated carbocycles. The van der Waals surface area contributed by atoms with Gasteiger partial charge in [-0.1, -0.05) is 44.5 Å². The zero-order valence-electron chi connectivity index (χ0n) is 8.51. The van der Waals surface area contributed by atoms with E-state index in [2.05, 4.69) is 15.9 Å². The third-order valence-electron chi connectivity index (χ3n) is 2.10. The summed E-state index contributed by atoms with van der Waals surface area (Å²) in [7, 11) is 0. The molecule has 0 fully saturated rings. The molecule has 0 aliphatic rings. The predicted octanol–water partition coefficient (Wildman–Crippen LogP) is 4.18. The van der Waals surface area contributed by atoms with Crippen molar-refractivity contribution in [3.05, 3.63) is 33.3 Å². The van der Waals surface area contributed by atoms with Gasteiger partial charge >= 0.3 is 0 Å². The Morgan fingerprint density at radius 3 is 2.43 bits per heavy atom. The first-order valence-corrected chi connectivity index (χ1v) is 5.63. The molecule has 0 saturated heterocycles. The molecule has 1 aromatic rings. The molecule has 1 unspecified atom stereocenters. The summed E-state index contributed by atoms with van der Waals surface area (Å²) in [5.41, 5.74) is 0.568. The number of halogens is 2. The van der Waals surface area contributed by atoms with Crippen molar-refractivity contribution in [2.45, 2.75) is 26.9 Å². The largest absolute Gasteiger partial charge is 0.388 e. The zero-order valence-corrected chi connectivity index (χ0v) is 10.9. The van der Waals surface area contributed by atoms with Gasteiger partial charge < -0.3 is 5.11 Å². The van der Waals surface area contributed by atoms with Gasteiger partial charge in [-0.15, -0.1) is 0 Å². The monoisotopic (exact) mass is 276 g/mol. The van der Waals surface area contributed by atoms with Gasteiger partial charge in [-0.2, -0.15) is 0 Å². The lowest BCUT2D eigenvalue weighted by Gasteiger charge is -2.27. The zero-order chi connectivity index (χ0) is 10.9. The molecule has 3 heteroatoms. The van der Waals surface area contributed by atoms with Crippen LogP contribution in [0.15, 0.2) is 22.7 Å². The van der Waals surface area contributed by atoms with E-state index < -0.39 is 6.10 Å². The van der Waals surface area contributed by atoms with Gasteiger partial charge in [0.2, 0.25) is 0 Å². The first-order valence-electron chi connectivity index (χ1n) is 4.46. The fraction of sp³-hybridized carbons (Fsp3) is 0.455. The molecular formula is C11H14BrClO. The van der Waals surface area contributed by atoms with Crippen LogP contribution in [0.5, 0.6) is 0 Å². The third kappa shape index (κ3) is 2.50. The maximum absolute atomic E-state index is 10.1. The SMILES string of the molecule is CC(C)(C)C(O)c1cccc(Br)c1Cl. The van der Waals surface area contributed by atoms with Gasteiger partial charge in [0.05, 0.1) is 11.1 Å². The maximum Gasteiger partial charge on any atom is 0.0853 e. The molecule has 0 aliphatic heterocycles. The summed E-state index contributed by atoms with van der Waals surface area (Å²) in [6.07, 6.45) is -0.549. The second-order valence-corrected chi connectivity index (χ2v) is 5.64. The van der Waals surface area contributed by atoms with Crippen LogP contribution in [0.4, 0.5) is 0 Å². The lowest BCUT2D eigenvalue weighted by atomic mass is 9.85. The van der Waals surface area contributed by atoms with E-state index in [1.54, 1.807) is 0 Å². The molecule has 0 spiro atoms. The fourth-order valence-electron chi connectivity index (χ4n) is 1.20. The highest BCUT2D eigenvalue weighted by Gasteiger charge is 2.26. The number of hydrogen-bond acceptors (Lipinski definition) is 1. The van der Waals surface area contributed by atoms with Gasteiger partial charge in [0.25, 0.3) is 0 Å². The number of aliphatic hydroxyl groups is 1. The Bertz CT molecular complexity index is 331. The van der Waals surface area contributed by atoms with Crippen molar-refractivity contribution in [2.24, 2.45) is 5.41 Å². The third-order valence-corrected chi connectivity index (χ3v) is 3.41. The van der Waals surface area contributed by atoms with Gasteiger partial charge in [0.15, 0.2) is 0 Å². The highest BCUT2D eigenvalue weighted by atomic mass is 79.9. The Kier molecular flexibility index (Phi) is 3.62. The van der Waals surface area contributed by atoms with Crippen LogP contribution >= 0.6 is 27.5 Å². The molecule has 1 atom stereocenters. The highest BCUT2D eigenvalue weighted by Crippen LogP contribution is 2.38. The highest BCUT2D eigenvalue weighted by molar-refractivity contribution is 9.10. The van der Waals surface area contributed by atoms with Crippen molar-refractivity contribution in [2.75, 3.05) is 0 Å². The number of hydrogen-bond donors (Lipinski definition) is 1. The van der Waals surface area contributed by atoms with Gasteiger partial charge in [-0.05, 0) is 27.4 Å². The van der Waals surface area contributed by atoms with E-state index in [1.807, 2.05) is 39.0 Å². The summed E-state index contributed by atoms with van der Waals surface area (Å²) < 4.78 is 0.819. The second kappa shape index (κ2) is 4.21. The van der Waals surface area contributed by atoms with E-state index in [1.165, 1.54) is 0 Å². The van der Waals surface area contributed by atoms with E-state index in [0.29, 0.717) is 5.02 Å². The maximum atomic E-state index is 10.1. The van der Waals surface area contributed by atoms with E-state index in [4.69, 9.17) is 11.6 Å². The average molecular weight is 278 g/mol. The van der Waals surface area contributed by atoms with Crippen molar-refractivity contribution in [3.63, 3.8) is 0 Å². The lowest BCUT2D eigenvalue weighted by molar-refractivity contribution is 0.0627. The topological polar surface area (TPSA) is 20.2 Å². The van der Waals surface area contributed by atoms with Crippen molar-refractivity contribution in [3.8, 4) is 0 Å². The van der Waals surface area contributed by atoms with Crippen LogP contribution in [0.2, 0.25) is 5.02 Å². The normalized spacial score (nSPS) is 14.1. The van der Waals surface area contributed by atoms with Crippen LogP contribution < -0.4 is 0 Å². The van der Waals surface area contributed by atoms with Crippen molar-refractivity contribution in [1.82, 2.24) is 0 Å². The molecule has 78 valence electrons. The van der Waals surface area contributed by atoms with Crippen LogP contribution in [0, 0.1) is 5.41 Å². The smallest absolute Gasteiger partial charge is 0.0853 e. The molecular weight excluding hydrogens is 263 g/mol. The standard InChI is InChI=1S/C11H14BrClO/c1-11(2,3)10(14)7-5-4-6-8(12)9(7)13/h4-6,10,14H,1-3H3. The van der Waals surface area contributed by atoms with Crippen LogP contribution in [-0.2, 0) is 0 Å². The minimum Gasteiger partial charge on any atom is -0.388 e. The van der Waals surface area contributed by atoms with Gasteiger partial charge in [0, 0.05) is 10.0 Å². The molecule has 1 rings (SSSR count).